The van der Waals surface area contributed by atoms with Gasteiger partial charge in [0.1, 0.15) is 5.69 Å². The molecule has 10 heteroatoms. The van der Waals surface area contributed by atoms with E-state index < -0.39 is 11.9 Å². The number of nitrogens with one attached hydrogen (secondary N) is 1. The van der Waals surface area contributed by atoms with Gasteiger partial charge in [-0.25, -0.2) is 9.48 Å². The molecule has 2 N–H and O–H groups in total. The van der Waals surface area contributed by atoms with Crippen LogP contribution < -0.4 is 14.8 Å². The van der Waals surface area contributed by atoms with Crippen molar-refractivity contribution in [3.63, 3.8) is 0 Å². The van der Waals surface area contributed by atoms with Crippen LogP contribution in [-0.2, 0) is 0 Å². The molecule has 0 fully saturated rings. The lowest BCUT2D eigenvalue weighted by molar-refractivity contribution is 0.0697. The number of benzene rings is 3. The van der Waals surface area contributed by atoms with E-state index in [-0.39, 0.29) is 18.2 Å². The van der Waals surface area contributed by atoms with E-state index in [1.807, 2.05) is 44.2 Å². The molecule has 6 rings (SSSR count). The van der Waals surface area contributed by atoms with E-state index in [0.29, 0.717) is 45.1 Å². The number of nitrogens with zero attached hydrogens (tertiary/aromatic N) is 3. The summed E-state index contributed by atoms with van der Waals surface area (Å²) in [5.41, 5.74) is 4.33. The zero-order valence-corrected chi connectivity index (χ0v) is 21.0. The van der Waals surface area contributed by atoms with E-state index in [4.69, 9.17) is 19.1 Å². The van der Waals surface area contributed by atoms with Crippen LogP contribution in [0.25, 0.3) is 28.1 Å². The third-order valence-electron chi connectivity index (χ3n) is 6.51. The molecule has 0 aliphatic carbocycles. The Morgan fingerprint density at radius 3 is 2.46 bits per heavy atom. The SMILES string of the molecule is Cc1nn(-c2ccccc2)c(C)c1-c1noc(NC(=O)c2ccc3c(c2)OCO3)c1-c1ccccc1C(=O)O. The first-order valence-corrected chi connectivity index (χ1v) is 12.1. The number of aromatic carboxylic acids is 1. The van der Waals surface area contributed by atoms with E-state index in [1.54, 1.807) is 41.1 Å². The Bertz CT molecular complexity index is 1740. The number of para-hydroxylation sites is 1. The fourth-order valence-corrected chi connectivity index (χ4v) is 4.70. The van der Waals surface area contributed by atoms with Crippen molar-refractivity contribution in [2.75, 3.05) is 12.1 Å². The van der Waals surface area contributed by atoms with E-state index in [2.05, 4.69) is 10.5 Å². The predicted molar refractivity (Wildman–Crippen MR) is 141 cm³/mol. The average molecular weight is 523 g/mol. The number of carbonyl (C=O) groups is 2. The molecule has 194 valence electrons. The summed E-state index contributed by atoms with van der Waals surface area (Å²) in [4.78, 5) is 25.4. The molecule has 0 saturated heterocycles. The molecule has 10 nitrogen and oxygen atoms in total. The zero-order valence-electron chi connectivity index (χ0n) is 21.0. The minimum absolute atomic E-state index is 0.00706. The molecular weight excluding hydrogens is 500 g/mol. The van der Waals surface area contributed by atoms with Crippen LogP contribution in [0.5, 0.6) is 11.5 Å². The number of rotatable bonds is 6. The highest BCUT2D eigenvalue weighted by Gasteiger charge is 2.29. The van der Waals surface area contributed by atoms with Crippen LogP contribution in [0.3, 0.4) is 0 Å². The third kappa shape index (κ3) is 4.17. The topological polar surface area (TPSA) is 129 Å². The largest absolute Gasteiger partial charge is 0.478 e. The maximum absolute atomic E-state index is 13.3. The molecule has 3 heterocycles. The minimum Gasteiger partial charge on any atom is -0.478 e. The van der Waals surface area contributed by atoms with Crippen LogP contribution >= 0.6 is 0 Å². The molecule has 1 aliphatic heterocycles. The quantitative estimate of drug-likeness (QED) is 0.300. The number of hydrogen-bond acceptors (Lipinski definition) is 7. The van der Waals surface area contributed by atoms with Crippen molar-refractivity contribution >= 4 is 17.8 Å². The van der Waals surface area contributed by atoms with Gasteiger partial charge < -0.3 is 19.1 Å². The summed E-state index contributed by atoms with van der Waals surface area (Å²) < 4.78 is 18.2. The lowest BCUT2D eigenvalue weighted by Crippen LogP contribution is -2.12. The third-order valence-corrected chi connectivity index (χ3v) is 6.51. The molecule has 0 spiro atoms. The highest BCUT2D eigenvalue weighted by molar-refractivity contribution is 6.08. The lowest BCUT2D eigenvalue weighted by atomic mass is 9.95. The number of carbonyl (C=O) groups excluding carboxylic acids is 1. The van der Waals surface area contributed by atoms with Crippen molar-refractivity contribution in [1.29, 1.82) is 0 Å². The number of aromatic nitrogens is 3. The number of ether oxygens (including phenoxy) is 2. The maximum Gasteiger partial charge on any atom is 0.336 e. The van der Waals surface area contributed by atoms with Crippen LogP contribution in [0, 0.1) is 13.8 Å². The first-order valence-electron chi connectivity index (χ1n) is 12.1. The van der Waals surface area contributed by atoms with Crippen LogP contribution in [0.4, 0.5) is 5.88 Å². The molecule has 0 saturated carbocycles. The first kappa shape index (κ1) is 24.0. The van der Waals surface area contributed by atoms with Crippen molar-refractivity contribution in [2.24, 2.45) is 0 Å². The summed E-state index contributed by atoms with van der Waals surface area (Å²) >= 11 is 0. The van der Waals surface area contributed by atoms with Gasteiger partial charge in [-0.1, -0.05) is 41.6 Å². The Morgan fingerprint density at radius 2 is 1.67 bits per heavy atom. The second kappa shape index (κ2) is 9.49. The van der Waals surface area contributed by atoms with Gasteiger partial charge in [0.25, 0.3) is 5.91 Å². The molecular formula is C29H22N4O6. The van der Waals surface area contributed by atoms with Crippen LogP contribution in [0.15, 0.2) is 77.3 Å². The number of amides is 1. The predicted octanol–water partition coefficient (Wildman–Crippen LogP) is 5.49. The molecule has 0 bridgehead atoms. The fraction of sp³-hybridized carbons (Fsp3) is 0.103. The highest BCUT2D eigenvalue weighted by Crippen LogP contribution is 2.42. The number of carboxylic acids is 1. The van der Waals surface area contributed by atoms with E-state index in [9.17, 15) is 14.7 Å². The molecule has 1 amide bonds. The molecule has 3 aromatic carbocycles. The maximum atomic E-state index is 13.3. The number of hydrogen-bond donors (Lipinski definition) is 2. The monoisotopic (exact) mass is 522 g/mol. The molecule has 0 radical (unpaired) electrons. The van der Waals surface area contributed by atoms with Crippen LogP contribution in [0.2, 0.25) is 0 Å². The number of aryl methyl sites for hydroxylation is 1. The number of fused-ring (bicyclic) bond motifs is 1. The molecule has 39 heavy (non-hydrogen) atoms. The summed E-state index contributed by atoms with van der Waals surface area (Å²) in [5, 5.41) is 21.7. The Balaban J connectivity index is 1.49. The number of carboxylic acid groups (broad SMARTS) is 1. The van der Waals surface area contributed by atoms with Crippen LogP contribution in [-0.4, -0.2) is 38.7 Å². The smallest absolute Gasteiger partial charge is 0.336 e. The van der Waals surface area contributed by atoms with Gasteiger partial charge in [0.15, 0.2) is 11.5 Å². The Hall–Kier alpha value is -5.38. The van der Waals surface area contributed by atoms with Gasteiger partial charge in [-0.05, 0) is 50.2 Å². The lowest BCUT2D eigenvalue weighted by Gasteiger charge is -2.10. The van der Waals surface area contributed by atoms with Crippen molar-refractivity contribution in [2.45, 2.75) is 13.8 Å². The summed E-state index contributed by atoms with van der Waals surface area (Å²) in [6, 6.07) is 20.9. The van der Waals surface area contributed by atoms with Crippen molar-refractivity contribution in [1.82, 2.24) is 14.9 Å². The molecule has 2 aromatic heterocycles. The van der Waals surface area contributed by atoms with Gasteiger partial charge in [-0.2, -0.15) is 5.10 Å². The second-order valence-corrected chi connectivity index (χ2v) is 8.90. The fourth-order valence-electron chi connectivity index (χ4n) is 4.70. The van der Waals surface area contributed by atoms with Crippen molar-refractivity contribution in [3.8, 4) is 39.6 Å². The summed E-state index contributed by atoms with van der Waals surface area (Å²) in [7, 11) is 0. The summed E-state index contributed by atoms with van der Waals surface area (Å²) in [6.45, 7) is 3.82. The summed E-state index contributed by atoms with van der Waals surface area (Å²) in [6.07, 6.45) is 0. The van der Waals surface area contributed by atoms with Gasteiger partial charge in [0, 0.05) is 16.7 Å². The highest BCUT2D eigenvalue weighted by atomic mass is 16.7. The van der Waals surface area contributed by atoms with Crippen LogP contribution in [0.1, 0.15) is 32.1 Å². The molecule has 1 aliphatic rings. The molecule has 0 atom stereocenters. The standard InChI is InChI=1S/C29H22N4O6/c1-16-24(17(2)33(31-16)19-8-4-3-5-9-19)26-25(20-10-6-7-11-21(20)29(35)36)28(39-32-26)30-27(34)18-12-13-22-23(14-18)38-15-37-22/h3-14H,15H2,1-2H3,(H,30,34)(H,35,36). The van der Waals surface area contributed by atoms with Gasteiger partial charge in [0.05, 0.1) is 28.2 Å². The molecule has 5 aromatic rings. The van der Waals surface area contributed by atoms with Gasteiger partial charge in [-0.3, -0.25) is 10.1 Å². The van der Waals surface area contributed by atoms with E-state index >= 15 is 0 Å². The van der Waals surface area contributed by atoms with E-state index in [1.165, 1.54) is 6.07 Å². The average Bonchev–Trinajstić information content (AvgIpc) is 3.65. The Morgan fingerprint density at radius 1 is 0.923 bits per heavy atom. The van der Waals surface area contributed by atoms with E-state index in [0.717, 1.165) is 11.4 Å². The minimum atomic E-state index is -1.13. The van der Waals surface area contributed by atoms with Gasteiger partial charge in [0.2, 0.25) is 12.7 Å². The zero-order chi connectivity index (χ0) is 27.1. The molecule has 0 unspecified atom stereocenters. The van der Waals surface area contributed by atoms with Crippen molar-refractivity contribution in [3.05, 3.63) is 95.3 Å². The number of anilines is 1. The normalized spacial score (nSPS) is 11.9. The Kier molecular flexibility index (Phi) is 5.84. The first-order chi connectivity index (χ1) is 18.9. The van der Waals surface area contributed by atoms with Gasteiger partial charge >= 0.3 is 5.97 Å². The van der Waals surface area contributed by atoms with Gasteiger partial charge in [-0.15, -0.1) is 0 Å². The Labute approximate surface area is 222 Å². The second-order valence-electron chi connectivity index (χ2n) is 8.90. The van der Waals surface area contributed by atoms with Crippen molar-refractivity contribution < 1.29 is 28.7 Å². The summed E-state index contributed by atoms with van der Waals surface area (Å²) in [5.74, 6) is -0.604.